The number of aryl methyl sites for hydroxylation is 1. The lowest BCUT2D eigenvalue weighted by atomic mass is 10.1. The smallest absolute Gasteiger partial charge is 0.255 e. The summed E-state index contributed by atoms with van der Waals surface area (Å²) < 4.78 is 0. The average molecular weight is 269 g/mol. The Labute approximate surface area is 119 Å². The summed E-state index contributed by atoms with van der Waals surface area (Å²) in [5.74, 6) is -0.137. The molecule has 0 spiro atoms. The molecule has 0 aliphatic rings. The van der Waals surface area contributed by atoms with Gasteiger partial charge in [0, 0.05) is 25.3 Å². The van der Waals surface area contributed by atoms with E-state index < -0.39 is 0 Å². The molecule has 2 aromatic rings. The van der Waals surface area contributed by atoms with E-state index in [1.807, 2.05) is 56.3 Å². The van der Waals surface area contributed by atoms with E-state index in [9.17, 15) is 4.79 Å². The van der Waals surface area contributed by atoms with Crippen LogP contribution in [0.2, 0.25) is 0 Å². The minimum atomic E-state index is -0.137. The predicted molar refractivity (Wildman–Crippen MR) is 84.3 cm³/mol. The van der Waals surface area contributed by atoms with E-state index in [2.05, 4.69) is 5.32 Å². The molecular formula is C16H19N3O. The lowest BCUT2D eigenvalue weighted by Crippen LogP contribution is -2.17. The molecule has 0 unspecified atom stereocenters. The van der Waals surface area contributed by atoms with Crippen LogP contribution in [0.3, 0.4) is 0 Å². The standard InChI is InChI=1S/C16H19N3O/c1-11-5-4-6-12(9-11)16(20)18-14-10-13(17)7-8-15(14)19(2)3/h4-10H,17H2,1-3H3,(H,18,20). The molecule has 0 aliphatic carbocycles. The molecule has 4 nitrogen and oxygen atoms in total. The molecule has 2 aromatic carbocycles. The zero-order valence-corrected chi connectivity index (χ0v) is 12.0. The molecule has 104 valence electrons. The Bertz CT molecular complexity index is 635. The van der Waals surface area contributed by atoms with Crippen molar-refractivity contribution in [2.24, 2.45) is 0 Å². The molecule has 1 amide bonds. The molecule has 0 radical (unpaired) electrons. The van der Waals surface area contributed by atoms with Crippen LogP contribution in [0.25, 0.3) is 0 Å². The number of nitrogens with zero attached hydrogens (tertiary/aromatic N) is 1. The van der Waals surface area contributed by atoms with Gasteiger partial charge in [-0.1, -0.05) is 17.7 Å². The number of amides is 1. The van der Waals surface area contributed by atoms with Crippen molar-refractivity contribution in [3.8, 4) is 0 Å². The molecule has 0 saturated carbocycles. The summed E-state index contributed by atoms with van der Waals surface area (Å²) in [6.07, 6.45) is 0. The van der Waals surface area contributed by atoms with Gasteiger partial charge in [-0.3, -0.25) is 4.79 Å². The summed E-state index contributed by atoms with van der Waals surface area (Å²) in [6, 6.07) is 13.0. The van der Waals surface area contributed by atoms with Crippen LogP contribution >= 0.6 is 0 Å². The Morgan fingerprint density at radius 1 is 1.15 bits per heavy atom. The molecule has 0 aliphatic heterocycles. The van der Waals surface area contributed by atoms with Crippen molar-refractivity contribution in [1.29, 1.82) is 0 Å². The number of nitrogen functional groups attached to an aromatic ring is 1. The summed E-state index contributed by atoms with van der Waals surface area (Å²) in [4.78, 5) is 14.2. The van der Waals surface area contributed by atoms with Crippen molar-refractivity contribution < 1.29 is 4.79 Å². The highest BCUT2D eigenvalue weighted by Crippen LogP contribution is 2.27. The maximum Gasteiger partial charge on any atom is 0.255 e. The largest absolute Gasteiger partial charge is 0.399 e. The van der Waals surface area contributed by atoms with Gasteiger partial charge in [-0.15, -0.1) is 0 Å². The van der Waals surface area contributed by atoms with Crippen LogP contribution in [0, 0.1) is 6.92 Å². The molecule has 20 heavy (non-hydrogen) atoms. The van der Waals surface area contributed by atoms with Crippen LogP contribution < -0.4 is 16.0 Å². The summed E-state index contributed by atoms with van der Waals surface area (Å²) in [5.41, 5.74) is 9.73. The van der Waals surface area contributed by atoms with Gasteiger partial charge in [-0.2, -0.15) is 0 Å². The van der Waals surface area contributed by atoms with Crippen molar-refractivity contribution >= 4 is 23.0 Å². The molecule has 0 atom stereocenters. The number of hydrogen-bond donors (Lipinski definition) is 2. The average Bonchev–Trinajstić information content (AvgIpc) is 2.38. The van der Waals surface area contributed by atoms with Crippen LogP contribution in [0.5, 0.6) is 0 Å². The van der Waals surface area contributed by atoms with Crippen molar-refractivity contribution in [3.63, 3.8) is 0 Å². The van der Waals surface area contributed by atoms with Crippen LogP contribution in [0.4, 0.5) is 17.1 Å². The lowest BCUT2D eigenvalue weighted by molar-refractivity contribution is 0.102. The number of hydrogen-bond acceptors (Lipinski definition) is 3. The van der Waals surface area contributed by atoms with E-state index in [1.54, 1.807) is 12.1 Å². The second-order valence-electron chi connectivity index (χ2n) is 4.99. The zero-order valence-electron chi connectivity index (χ0n) is 12.0. The second kappa shape index (κ2) is 5.65. The summed E-state index contributed by atoms with van der Waals surface area (Å²) in [5, 5.41) is 2.92. The van der Waals surface area contributed by atoms with Gasteiger partial charge in [0.2, 0.25) is 0 Å². The number of benzene rings is 2. The van der Waals surface area contributed by atoms with Crippen molar-refractivity contribution in [2.75, 3.05) is 30.0 Å². The first-order chi connectivity index (χ1) is 9.47. The van der Waals surface area contributed by atoms with Crippen LogP contribution in [-0.2, 0) is 0 Å². The van der Waals surface area contributed by atoms with Crippen LogP contribution in [0.1, 0.15) is 15.9 Å². The summed E-state index contributed by atoms with van der Waals surface area (Å²) in [6.45, 7) is 1.96. The Hall–Kier alpha value is -2.49. The molecule has 0 fully saturated rings. The molecule has 0 saturated heterocycles. The monoisotopic (exact) mass is 269 g/mol. The molecule has 4 heteroatoms. The van der Waals surface area contributed by atoms with E-state index in [0.29, 0.717) is 16.9 Å². The molecular weight excluding hydrogens is 250 g/mol. The van der Waals surface area contributed by atoms with Crippen molar-refractivity contribution in [2.45, 2.75) is 6.92 Å². The Balaban J connectivity index is 2.30. The number of rotatable bonds is 3. The van der Waals surface area contributed by atoms with Gasteiger partial charge in [-0.25, -0.2) is 0 Å². The third-order valence-corrected chi connectivity index (χ3v) is 3.03. The maximum absolute atomic E-state index is 12.3. The third-order valence-electron chi connectivity index (χ3n) is 3.03. The molecule has 0 heterocycles. The van der Waals surface area contributed by atoms with E-state index in [4.69, 9.17) is 5.73 Å². The topological polar surface area (TPSA) is 58.4 Å². The minimum absolute atomic E-state index is 0.137. The zero-order chi connectivity index (χ0) is 14.7. The number of carbonyl (C=O) groups excluding carboxylic acids is 1. The number of carbonyl (C=O) groups is 1. The maximum atomic E-state index is 12.3. The van der Waals surface area contributed by atoms with E-state index in [1.165, 1.54) is 0 Å². The molecule has 2 rings (SSSR count). The predicted octanol–water partition coefficient (Wildman–Crippen LogP) is 2.90. The summed E-state index contributed by atoms with van der Waals surface area (Å²) in [7, 11) is 3.85. The number of anilines is 3. The number of nitrogens with two attached hydrogens (primary N) is 1. The van der Waals surface area contributed by atoms with E-state index in [-0.39, 0.29) is 5.91 Å². The van der Waals surface area contributed by atoms with Gasteiger partial charge in [0.05, 0.1) is 11.4 Å². The van der Waals surface area contributed by atoms with Gasteiger partial charge in [-0.05, 0) is 37.3 Å². The quantitative estimate of drug-likeness (QED) is 0.842. The van der Waals surface area contributed by atoms with Gasteiger partial charge in [0.25, 0.3) is 5.91 Å². The fourth-order valence-corrected chi connectivity index (χ4v) is 2.02. The Morgan fingerprint density at radius 2 is 1.90 bits per heavy atom. The highest BCUT2D eigenvalue weighted by atomic mass is 16.1. The van der Waals surface area contributed by atoms with Crippen LogP contribution in [0.15, 0.2) is 42.5 Å². The first-order valence-corrected chi connectivity index (χ1v) is 6.42. The van der Waals surface area contributed by atoms with E-state index >= 15 is 0 Å². The highest BCUT2D eigenvalue weighted by Gasteiger charge is 2.10. The third kappa shape index (κ3) is 3.09. The van der Waals surface area contributed by atoms with Gasteiger partial charge >= 0.3 is 0 Å². The number of nitrogens with one attached hydrogen (secondary N) is 1. The second-order valence-corrected chi connectivity index (χ2v) is 4.99. The van der Waals surface area contributed by atoms with Crippen molar-refractivity contribution in [3.05, 3.63) is 53.6 Å². The summed E-state index contributed by atoms with van der Waals surface area (Å²) >= 11 is 0. The highest BCUT2D eigenvalue weighted by molar-refractivity contribution is 6.06. The molecule has 0 aromatic heterocycles. The fourth-order valence-electron chi connectivity index (χ4n) is 2.02. The minimum Gasteiger partial charge on any atom is -0.399 e. The Morgan fingerprint density at radius 3 is 2.55 bits per heavy atom. The fraction of sp³-hybridized carbons (Fsp3) is 0.188. The first-order valence-electron chi connectivity index (χ1n) is 6.42. The SMILES string of the molecule is Cc1cccc(C(=O)Nc2cc(N)ccc2N(C)C)c1. The van der Waals surface area contributed by atoms with Crippen molar-refractivity contribution in [1.82, 2.24) is 0 Å². The normalized spacial score (nSPS) is 10.2. The Kier molecular flexibility index (Phi) is 3.94. The van der Waals surface area contributed by atoms with Crippen LogP contribution in [-0.4, -0.2) is 20.0 Å². The first kappa shape index (κ1) is 13.9. The van der Waals surface area contributed by atoms with Gasteiger partial charge in [0.15, 0.2) is 0 Å². The van der Waals surface area contributed by atoms with Gasteiger partial charge in [0.1, 0.15) is 0 Å². The lowest BCUT2D eigenvalue weighted by Gasteiger charge is -2.18. The van der Waals surface area contributed by atoms with E-state index in [0.717, 1.165) is 11.3 Å². The molecule has 3 N–H and O–H groups in total. The van der Waals surface area contributed by atoms with Gasteiger partial charge < -0.3 is 16.0 Å². The molecule has 0 bridgehead atoms.